The van der Waals surface area contributed by atoms with Gasteiger partial charge in [-0.25, -0.2) is 0 Å². The van der Waals surface area contributed by atoms with E-state index in [9.17, 15) is 9.90 Å². The summed E-state index contributed by atoms with van der Waals surface area (Å²) in [6.45, 7) is 1.94. The monoisotopic (exact) mass is 231 g/mol. The van der Waals surface area contributed by atoms with E-state index in [1.165, 1.54) is 0 Å². The van der Waals surface area contributed by atoms with Crippen LogP contribution in [-0.2, 0) is 6.42 Å². The van der Waals surface area contributed by atoms with Gasteiger partial charge in [0.2, 0.25) is 5.88 Å². The second-order valence-electron chi connectivity index (χ2n) is 3.71. The van der Waals surface area contributed by atoms with Crippen LogP contribution in [0.1, 0.15) is 18.9 Å². The Hall–Kier alpha value is -2.17. The quantitative estimate of drug-likeness (QED) is 0.838. The Bertz CT molecular complexity index is 564. The van der Waals surface area contributed by atoms with Gasteiger partial charge in [-0.1, -0.05) is 13.3 Å². The van der Waals surface area contributed by atoms with Crippen molar-refractivity contribution in [3.05, 3.63) is 40.4 Å². The number of aromatic nitrogens is 3. The molecule has 5 nitrogen and oxygen atoms in total. The minimum absolute atomic E-state index is 0.200. The van der Waals surface area contributed by atoms with E-state index in [0.29, 0.717) is 23.4 Å². The summed E-state index contributed by atoms with van der Waals surface area (Å²) in [5.74, 6) is 0.134. The molecule has 5 heteroatoms. The fourth-order valence-corrected chi connectivity index (χ4v) is 1.60. The van der Waals surface area contributed by atoms with Crippen LogP contribution in [0.25, 0.3) is 11.4 Å². The van der Waals surface area contributed by atoms with E-state index in [1.807, 2.05) is 6.92 Å². The Morgan fingerprint density at radius 1 is 1.47 bits per heavy atom. The van der Waals surface area contributed by atoms with Crippen LogP contribution in [-0.4, -0.2) is 20.1 Å². The highest BCUT2D eigenvalue weighted by Crippen LogP contribution is 2.17. The Morgan fingerprint density at radius 2 is 2.29 bits per heavy atom. The summed E-state index contributed by atoms with van der Waals surface area (Å²) >= 11 is 0. The number of pyridine rings is 1. The molecule has 0 saturated heterocycles. The van der Waals surface area contributed by atoms with Crippen LogP contribution in [0.15, 0.2) is 29.3 Å². The molecule has 0 fully saturated rings. The second kappa shape index (κ2) is 4.78. The van der Waals surface area contributed by atoms with Crippen molar-refractivity contribution in [3.8, 4) is 17.3 Å². The summed E-state index contributed by atoms with van der Waals surface area (Å²) in [4.78, 5) is 22.3. The SMILES string of the molecule is CCCc1c(O)nc(-c2cccnc2)[nH]c1=O. The summed E-state index contributed by atoms with van der Waals surface area (Å²) in [5.41, 5.74) is 0.710. The molecule has 0 unspecified atom stereocenters. The summed E-state index contributed by atoms with van der Waals surface area (Å²) in [6.07, 6.45) is 4.51. The van der Waals surface area contributed by atoms with Crippen LogP contribution >= 0.6 is 0 Å². The molecule has 0 atom stereocenters. The van der Waals surface area contributed by atoms with Gasteiger partial charge < -0.3 is 10.1 Å². The lowest BCUT2D eigenvalue weighted by Crippen LogP contribution is -2.15. The van der Waals surface area contributed by atoms with Crippen molar-refractivity contribution in [1.82, 2.24) is 15.0 Å². The molecule has 2 heterocycles. The Balaban J connectivity index is 2.50. The van der Waals surface area contributed by atoms with Crippen LogP contribution in [0.2, 0.25) is 0 Å². The first-order valence-electron chi connectivity index (χ1n) is 5.45. The van der Waals surface area contributed by atoms with Gasteiger partial charge in [0, 0.05) is 18.0 Å². The van der Waals surface area contributed by atoms with E-state index >= 15 is 0 Å². The van der Waals surface area contributed by atoms with Crippen LogP contribution < -0.4 is 5.56 Å². The fraction of sp³-hybridized carbons (Fsp3) is 0.250. The van der Waals surface area contributed by atoms with E-state index in [2.05, 4.69) is 15.0 Å². The van der Waals surface area contributed by atoms with Crippen molar-refractivity contribution in [3.63, 3.8) is 0 Å². The molecular weight excluding hydrogens is 218 g/mol. The first-order chi connectivity index (χ1) is 8.22. The van der Waals surface area contributed by atoms with E-state index in [4.69, 9.17) is 0 Å². The molecule has 2 rings (SSSR count). The number of aromatic hydroxyl groups is 1. The number of nitrogens with zero attached hydrogens (tertiary/aromatic N) is 2. The first-order valence-corrected chi connectivity index (χ1v) is 5.45. The molecule has 0 aliphatic carbocycles. The predicted molar refractivity (Wildman–Crippen MR) is 63.7 cm³/mol. The molecule has 2 aromatic heterocycles. The predicted octanol–water partition coefficient (Wildman–Crippen LogP) is 1.49. The van der Waals surface area contributed by atoms with Gasteiger partial charge in [0.15, 0.2) is 0 Å². The van der Waals surface area contributed by atoms with Gasteiger partial charge in [-0.3, -0.25) is 9.78 Å². The number of nitrogens with one attached hydrogen (secondary N) is 1. The highest BCUT2D eigenvalue weighted by Gasteiger charge is 2.10. The largest absolute Gasteiger partial charge is 0.493 e. The standard InChI is InChI=1S/C12H13N3O2/c1-2-4-9-11(16)14-10(15-12(9)17)8-5-3-6-13-7-8/h3,5-7H,2,4H2,1H3,(H2,14,15,16,17). The van der Waals surface area contributed by atoms with E-state index in [-0.39, 0.29) is 11.4 Å². The average molecular weight is 231 g/mol. The third-order valence-corrected chi connectivity index (χ3v) is 2.43. The maximum atomic E-state index is 11.7. The van der Waals surface area contributed by atoms with Crippen molar-refractivity contribution < 1.29 is 5.11 Å². The molecule has 2 N–H and O–H groups in total. The zero-order valence-electron chi connectivity index (χ0n) is 9.47. The van der Waals surface area contributed by atoms with E-state index < -0.39 is 0 Å². The number of rotatable bonds is 3. The minimum atomic E-state index is -0.293. The maximum absolute atomic E-state index is 11.7. The molecule has 0 aliphatic rings. The summed E-state index contributed by atoms with van der Waals surface area (Å²) in [5, 5.41) is 9.71. The zero-order valence-corrected chi connectivity index (χ0v) is 9.47. The molecular formula is C12H13N3O2. The molecule has 0 radical (unpaired) electrons. The Kier molecular flexibility index (Phi) is 3.18. The van der Waals surface area contributed by atoms with Crippen LogP contribution in [0, 0.1) is 0 Å². The lowest BCUT2D eigenvalue weighted by Gasteiger charge is -2.04. The van der Waals surface area contributed by atoms with Crippen LogP contribution in [0.4, 0.5) is 0 Å². The van der Waals surface area contributed by atoms with Crippen molar-refractivity contribution in [2.24, 2.45) is 0 Å². The van der Waals surface area contributed by atoms with Gasteiger partial charge >= 0.3 is 0 Å². The molecule has 2 aromatic rings. The molecule has 0 saturated carbocycles. The van der Waals surface area contributed by atoms with Gasteiger partial charge in [0.05, 0.1) is 5.56 Å². The smallest absolute Gasteiger partial charge is 0.258 e. The highest BCUT2D eigenvalue weighted by molar-refractivity contribution is 5.53. The van der Waals surface area contributed by atoms with Crippen molar-refractivity contribution in [2.45, 2.75) is 19.8 Å². The van der Waals surface area contributed by atoms with Gasteiger partial charge in [0.1, 0.15) is 5.82 Å². The highest BCUT2D eigenvalue weighted by atomic mass is 16.3. The van der Waals surface area contributed by atoms with Gasteiger partial charge in [-0.2, -0.15) is 4.98 Å². The maximum Gasteiger partial charge on any atom is 0.258 e. The lowest BCUT2D eigenvalue weighted by atomic mass is 10.2. The topological polar surface area (TPSA) is 78.9 Å². The van der Waals surface area contributed by atoms with Gasteiger partial charge in [0.25, 0.3) is 5.56 Å². The normalized spacial score (nSPS) is 10.4. The summed E-state index contributed by atoms with van der Waals surface area (Å²) in [7, 11) is 0. The molecule has 0 amide bonds. The van der Waals surface area contributed by atoms with E-state index in [0.717, 1.165) is 6.42 Å². The molecule has 0 spiro atoms. The third-order valence-electron chi connectivity index (χ3n) is 2.43. The Labute approximate surface area is 98.2 Å². The summed E-state index contributed by atoms with van der Waals surface area (Å²) in [6, 6.07) is 3.51. The van der Waals surface area contributed by atoms with Crippen molar-refractivity contribution >= 4 is 0 Å². The van der Waals surface area contributed by atoms with Crippen LogP contribution in [0.3, 0.4) is 0 Å². The molecule has 0 bridgehead atoms. The second-order valence-corrected chi connectivity index (χ2v) is 3.71. The van der Waals surface area contributed by atoms with Crippen molar-refractivity contribution in [1.29, 1.82) is 0 Å². The molecule has 88 valence electrons. The number of H-pyrrole nitrogens is 1. The van der Waals surface area contributed by atoms with E-state index in [1.54, 1.807) is 24.5 Å². The molecule has 0 aromatic carbocycles. The number of hydrogen-bond donors (Lipinski definition) is 2. The fourth-order valence-electron chi connectivity index (χ4n) is 1.60. The zero-order chi connectivity index (χ0) is 12.3. The first kappa shape index (κ1) is 11.3. The third kappa shape index (κ3) is 2.33. The minimum Gasteiger partial charge on any atom is -0.493 e. The lowest BCUT2D eigenvalue weighted by molar-refractivity contribution is 0.443. The average Bonchev–Trinajstić information content (AvgIpc) is 2.35. The van der Waals surface area contributed by atoms with Gasteiger partial charge in [-0.05, 0) is 18.6 Å². The molecule has 17 heavy (non-hydrogen) atoms. The Morgan fingerprint density at radius 3 is 2.88 bits per heavy atom. The number of aromatic amines is 1. The van der Waals surface area contributed by atoms with Crippen LogP contribution in [0.5, 0.6) is 5.88 Å². The number of hydrogen-bond acceptors (Lipinski definition) is 4. The van der Waals surface area contributed by atoms with Crippen molar-refractivity contribution in [2.75, 3.05) is 0 Å². The van der Waals surface area contributed by atoms with Gasteiger partial charge in [-0.15, -0.1) is 0 Å². The summed E-state index contributed by atoms with van der Waals surface area (Å²) < 4.78 is 0. The molecule has 0 aliphatic heterocycles.